The second kappa shape index (κ2) is 53.1. The minimum Gasteiger partial charge on any atom is -0.456 e. The smallest absolute Gasteiger partial charge is 0.456 e. The highest BCUT2D eigenvalue weighted by Crippen LogP contribution is 2.43. The highest BCUT2D eigenvalue weighted by Gasteiger charge is 2.30. The van der Waals surface area contributed by atoms with Gasteiger partial charge in [-0.2, -0.15) is 0 Å². The van der Waals surface area contributed by atoms with Crippen LogP contribution in [0.15, 0.2) is 109 Å². The van der Waals surface area contributed by atoms with E-state index in [0.29, 0.717) is 17.4 Å². The van der Waals surface area contributed by atoms with Crippen molar-refractivity contribution in [1.82, 2.24) is 5.32 Å². The molecule has 2 N–H and O–H groups in total. The number of ether oxygens (including phenoxy) is 1. The van der Waals surface area contributed by atoms with Gasteiger partial charge in [-0.15, -0.1) is 0 Å². The van der Waals surface area contributed by atoms with E-state index >= 15 is 0 Å². The van der Waals surface area contributed by atoms with Gasteiger partial charge < -0.3 is 19.4 Å². The van der Waals surface area contributed by atoms with Gasteiger partial charge in [-0.25, -0.2) is 4.57 Å². The molecule has 0 aliphatic carbocycles. The number of likely N-dealkylation sites (N-methyl/N-ethyl adjacent to an activating group) is 1. The fourth-order valence-corrected chi connectivity index (χ4v) is 8.61. The molecule has 0 aromatic carbocycles. The summed E-state index contributed by atoms with van der Waals surface area (Å²) in [7, 11) is 1.43. The van der Waals surface area contributed by atoms with Crippen molar-refractivity contribution in [3.63, 3.8) is 0 Å². The first kappa shape index (κ1) is 70.7. The zero-order chi connectivity index (χ0) is 54.3. The minimum absolute atomic E-state index is 0.0203. The van der Waals surface area contributed by atoms with E-state index in [1.165, 1.54) is 96.3 Å². The number of amides is 1. The third kappa shape index (κ3) is 53.5. The molecular formula is C64H112N2O7P+. The molecule has 0 radical (unpaired) electrons. The summed E-state index contributed by atoms with van der Waals surface area (Å²) in [6.07, 6.45) is 72.5. The first-order chi connectivity index (χ1) is 35.9. The number of unbranched alkanes of at least 4 members (excludes halogenated alkanes) is 20. The number of hydrogen-bond donors (Lipinski definition) is 2. The maximum Gasteiger partial charge on any atom is 0.472 e. The minimum atomic E-state index is -4.47. The van der Waals surface area contributed by atoms with Gasteiger partial charge in [0, 0.05) is 12.8 Å². The molecule has 0 aliphatic heterocycles. The molecule has 0 saturated carbocycles. The third-order valence-electron chi connectivity index (χ3n) is 12.5. The van der Waals surface area contributed by atoms with Gasteiger partial charge >= 0.3 is 13.8 Å². The summed E-state index contributed by atoms with van der Waals surface area (Å²) in [6, 6.07) is -0.897. The summed E-state index contributed by atoms with van der Waals surface area (Å²) in [6.45, 7) is 6.78. The molecule has 3 atom stereocenters. The van der Waals surface area contributed by atoms with Gasteiger partial charge in [0.1, 0.15) is 19.3 Å². The number of phosphoric acid groups is 1. The van der Waals surface area contributed by atoms with Gasteiger partial charge in [0.2, 0.25) is 5.91 Å². The highest BCUT2D eigenvalue weighted by atomic mass is 31.2. The van der Waals surface area contributed by atoms with Crippen molar-refractivity contribution in [3.8, 4) is 0 Å². The Morgan fingerprint density at radius 2 is 0.878 bits per heavy atom. The molecule has 0 spiro atoms. The molecule has 0 fully saturated rings. The maximum absolute atomic E-state index is 13.5. The number of carbonyl (C=O) groups is 2. The Morgan fingerprint density at radius 1 is 0.486 bits per heavy atom. The molecule has 0 saturated heterocycles. The van der Waals surface area contributed by atoms with Gasteiger partial charge in [-0.3, -0.25) is 18.6 Å². The maximum atomic E-state index is 13.5. The number of hydrogen-bond acceptors (Lipinski definition) is 6. The normalized spacial score (nSPS) is 14.5. The molecule has 10 heteroatoms. The van der Waals surface area contributed by atoms with Crippen molar-refractivity contribution in [2.75, 3.05) is 40.9 Å². The SMILES string of the molecule is CC/C=C/C/C=C/C/C=C/C/C=C/C/C=C/CCC(=O)NC(COP(=O)(O)OCC[N+](C)(C)C)C(/C=C/CCCCCCCCCCC)OC(=O)CCCCCCCCCC/C=C\C/C=C\C/C=C\CCCCC. The first-order valence-electron chi connectivity index (χ1n) is 29.7. The Balaban J connectivity index is 5.36. The second-order valence-electron chi connectivity index (χ2n) is 20.8. The number of nitrogens with one attached hydrogen (secondary N) is 1. The number of quaternary nitrogens is 1. The Kier molecular flexibility index (Phi) is 50.7. The molecule has 1 amide bonds. The van der Waals surface area contributed by atoms with Crippen molar-refractivity contribution in [1.29, 1.82) is 0 Å². The molecular weight excluding hydrogens is 940 g/mol. The van der Waals surface area contributed by atoms with Crippen LogP contribution in [-0.2, 0) is 27.9 Å². The number of esters is 1. The van der Waals surface area contributed by atoms with Crippen LogP contribution in [0, 0.1) is 0 Å². The average molecular weight is 1050 g/mol. The summed E-state index contributed by atoms with van der Waals surface area (Å²) in [5.74, 6) is -0.618. The Hall–Kier alpha value is -3.33. The quantitative estimate of drug-likeness (QED) is 0.0205. The van der Waals surface area contributed by atoms with Gasteiger partial charge in [0.15, 0.2) is 0 Å². The highest BCUT2D eigenvalue weighted by molar-refractivity contribution is 7.47. The van der Waals surface area contributed by atoms with Crippen LogP contribution < -0.4 is 5.32 Å². The van der Waals surface area contributed by atoms with Crippen LogP contribution >= 0.6 is 7.82 Å². The zero-order valence-corrected chi connectivity index (χ0v) is 49.2. The largest absolute Gasteiger partial charge is 0.472 e. The van der Waals surface area contributed by atoms with E-state index in [4.69, 9.17) is 13.8 Å². The van der Waals surface area contributed by atoms with E-state index in [-0.39, 0.29) is 37.9 Å². The van der Waals surface area contributed by atoms with Crippen LogP contribution in [0.5, 0.6) is 0 Å². The third-order valence-corrected chi connectivity index (χ3v) is 13.4. The Bertz CT molecular complexity index is 1640. The lowest BCUT2D eigenvalue weighted by molar-refractivity contribution is -0.870. The van der Waals surface area contributed by atoms with Crippen molar-refractivity contribution in [2.24, 2.45) is 0 Å². The monoisotopic (exact) mass is 1050 g/mol. The molecule has 0 rings (SSSR count). The predicted molar refractivity (Wildman–Crippen MR) is 318 cm³/mol. The lowest BCUT2D eigenvalue weighted by Gasteiger charge is -2.27. The fraction of sp³-hybridized carbons (Fsp3) is 0.688. The molecule has 0 aromatic heterocycles. The first-order valence-corrected chi connectivity index (χ1v) is 31.2. The molecule has 0 bridgehead atoms. The molecule has 424 valence electrons. The van der Waals surface area contributed by atoms with E-state index in [9.17, 15) is 19.0 Å². The number of rotatable bonds is 52. The summed E-state index contributed by atoms with van der Waals surface area (Å²) >= 11 is 0. The molecule has 0 heterocycles. The number of allylic oxidation sites excluding steroid dienone is 17. The topological polar surface area (TPSA) is 111 Å². The Labute approximate surface area is 455 Å². The standard InChI is InChI=1S/C64H111N2O7P/c1-7-10-13-16-19-22-25-27-29-31-32-33-34-35-37-39-42-45-48-51-54-57-64(68)73-62(55-52-49-46-43-40-24-21-18-15-12-9-3)61(60-72-74(69,70)71-59-58-66(4,5)6)65-63(67)56-53-50-47-44-41-38-36-30-28-26-23-20-17-14-11-8-2/h11,14,19-20,22-23,27-30,32-33,38,41,47,50,52,55,61-62H,7-10,12-13,15-18,21,24-26,31,34-37,39-40,42-46,48-49,51,53-54,56-60H2,1-6H3,(H-,65,67,69,70)/p+1/b14-11+,22-19-,23-20+,29-27-,30-28+,33-32-,41-38+,50-47+,55-52+. The molecule has 9 nitrogen and oxygen atoms in total. The molecule has 0 aromatic rings. The fourth-order valence-electron chi connectivity index (χ4n) is 7.87. The summed E-state index contributed by atoms with van der Waals surface area (Å²) < 4.78 is 30.6. The number of phosphoric ester groups is 1. The van der Waals surface area contributed by atoms with Gasteiger partial charge in [0.05, 0.1) is 33.8 Å². The van der Waals surface area contributed by atoms with Crippen LogP contribution in [0.25, 0.3) is 0 Å². The van der Waals surface area contributed by atoms with Gasteiger partial charge in [-0.05, 0) is 102 Å². The van der Waals surface area contributed by atoms with Crippen molar-refractivity contribution >= 4 is 19.7 Å². The molecule has 0 aliphatic rings. The van der Waals surface area contributed by atoms with Crippen LogP contribution in [-0.4, -0.2) is 74.3 Å². The average Bonchev–Trinajstić information content (AvgIpc) is 3.36. The summed E-state index contributed by atoms with van der Waals surface area (Å²) in [4.78, 5) is 37.6. The van der Waals surface area contributed by atoms with Crippen molar-refractivity contribution < 1.29 is 37.3 Å². The van der Waals surface area contributed by atoms with E-state index in [2.05, 4.69) is 111 Å². The molecule has 3 unspecified atom stereocenters. The van der Waals surface area contributed by atoms with E-state index in [0.717, 1.165) is 96.3 Å². The van der Waals surface area contributed by atoms with E-state index in [1.54, 1.807) is 0 Å². The summed E-state index contributed by atoms with van der Waals surface area (Å²) in [5, 5.41) is 2.99. The van der Waals surface area contributed by atoms with Gasteiger partial charge in [-0.1, -0.05) is 227 Å². The van der Waals surface area contributed by atoms with Gasteiger partial charge in [0.25, 0.3) is 0 Å². The Morgan fingerprint density at radius 3 is 1.35 bits per heavy atom. The van der Waals surface area contributed by atoms with Crippen molar-refractivity contribution in [2.45, 2.75) is 245 Å². The van der Waals surface area contributed by atoms with E-state index < -0.39 is 20.0 Å². The van der Waals surface area contributed by atoms with E-state index in [1.807, 2.05) is 45.4 Å². The lowest BCUT2D eigenvalue weighted by Crippen LogP contribution is -2.47. The number of carbonyl (C=O) groups excluding carboxylic acids is 2. The second-order valence-corrected chi connectivity index (χ2v) is 22.2. The molecule has 74 heavy (non-hydrogen) atoms. The number of nitrogens with zero attached hydrogens (tertiary/aromatic N) is 1. The van der Waals surface area contributed by atoms with Crippen molar-refractivity contribution in [3.05, 3.63) is 109 Å². The van der Waals surface area contributed by atoms with Crippen LogP contribution in [0.2, 0.25) is 0 Å². The summed E-state index contributed by atoms with van der Waals surface area (Å²) in [5.41, 5.74) is 0. The zero-order valence-electron chi connectivity index (χ0n) is 48.3. The van der Waals surface area contributed by atoms with Crippen LogP contribution in [0.3, 0.4) is 0 Å². The van der Waals surface area contributed by atoms with Crippen LogP contribution in [0.4, 0.5) is 0 Å². The lowest BCUT2D eigenvalue weighted by atomic mass is 10.1. The van der Waals surface area contributed by atoms with Crippen LogP contribution in [0.1, 0.15) is 233 Å². The predicted octanol–water partition coefficient (Wildman–Crippen LogP) is 18.2.